The number of benzene rings is 1. The highest BCUT2D eigenvalue weighted by molar-refractivity contribution is 5.78. The Morgan fingerprint density at radius 2 is 1.72 bits per heavy atom. The van der Waals surface area contributed by atoms with E-state index in [1.54, 1.807) is 31.2 Å². The number of cyclic esters (lactones) is 1. The van der Waals surface area contributed by atoms with Gasteiger partial charge in [-0.05, 0) is 68.7 Å². The number of alkyl halides is 6. The van der Waals surface area contributed by atoms with Crippen LogP contribution in [0.25, 0.3) is 5.57 Å². The van der Waals surface area contributed by atoms with Crippen LogP contribution in [-0.4, -0.2) is 53.3 Å². The van der Waals surface area contributed by atoms with Crippen molar-refractivity contribution < 1.29 is 50.5 Å². The molecule has 2 atom stereocenters. The van der Waals surface area contributed by atoms with Crippen molar-refractivity contribution in [1.82, 2.24) is 9.88 Å². The summed E-state index contributed by atoms with van der Waals surface area (Å²) in [5, 5.41) is 8.94. The molecule has 2 saturated heterocycles. The molecule has 0 radical (unpaired) electrons. The highest BCUT2D eigenvalue weighted by Gasteiger charge is 2.43. The van der Waals surface area contributed by atoms with Crippen LogP contribution in [0.1, 0.15) is 67.2 Å². The smallest absolute Gasteiger partial charge is 0.416 e. The number of hydrogen-bond donors (Lipinski definition) is 1. The van der Waals surface area contributed by atoms with E-state index >= 15 is 0 Å². The molecular weight excluding hydrogens is 620 g/mol. The van der Waals surface area contributed by atoms with E-state index in [-0.39, 0.29) is 19.0 Å². The van der Waals surface area contributed by atoms with Crippen molar-refractivity contribution in [1.29, 1.82) is 0 Å². The number of carboxylic acid groups (broad SMARTS) is 1. The van der Waals surface area contributed by atoms with Gasteiger partial charge in [0, 0.05) is 30.6 Å². The van der Waals surface area contributed by atoms with Gasteiger partial charge in [0.25, 0.3) is 0 Å². The molecule has 1 aromatic carbocycles. The summed E-state index contributed by atoms with van der Waals surface area (Å²) in [4.78, 5) is 32.0. The Kier molecular flexibility index (Phi) is 10.1. The molecule has 2 aromatic rings. The van der Waals surface area contributed by atoms with Crippen LogP contribution < -0.4 is 4.90 Å². The van der Waals surface area contributed by atoms with Crippen LogP contribution in [-0.2, 0) is 33.2 Å². The first-order valence-corrected chi connectivity index (χ1v) is 14.3. The van der Waals surface area contributed by atoms with Crippen molar-refractivity contribution in [2.45, 2.75) is 64.2 Å². The summed E-state index contributed by atoms with van der Waals surface area (Å²) in [5.74, 6) is 0.0134. The van der Waals surface area contributed by atoms with Crippen molar-refractivity contribution in [3.05, 3.63) is 88.3 Å². The number of ether oxygens (including phenoxy) is 2. The van der Waals surface area contributed by atoms with Crippen LogP contribution in [0, 0.1) is 0 Å². The summed E-state index contributed by atoms with van der Waals surface area (Å²) in [7, 11) is 1.42. The molecule has 2 aliphatic rings. The molecule has 2 aliphatic heterocycles. The highest BCUT2D eigenvalue weighted by atomic mass is 19.4. The van der Waals surface area contributed by atoms with Gasteiger partial charge < -0.3 is 19.5 Å². The molecular formula is C32H33F6N3O5. The minimum Gasteiger partial charge on any atom is -0.496 e. The number of methoxy groups -OCH3 is 1. The number of aliphatic carboxylic acids is 1. The van der Waals surface area contributed by atoms with Crippen LogP contribution in [0.4, 0.5) is 37.0 Å². The van der Waals surface area contributed by atoms with E-state index < -0.39 is 53.3 Å². The fraction of sp³-hybridized carbons (Fsp3) is 0.406. The number of carboxylic acids is 1. The van der Waals surface area contributed by atoms with Crippen LogP contribution in [0.5, 0.6) is 0 Å². The second-order valence-electron chi connectivity index (χ2n) is 11.1. The average Bonchev–Trinajstić information content (AvgIpc) is 3.22. The molecule has 1 N–H and O–H groups in total. The van der Waals surface area contributed by atoms with E-state index in [2.05, 4.69) is 6.58 Å². The molecule has 8 nitrogen and oxygen atoms in total. The minimum atomic E-state index is -5.06. The zero-order chi connectivity index (χ0) is 34.0. The zero-order valence-electron chi connectivity index (χ0n) is 25.3. The predicted octanol–water partition coefficient (Wildman–Crippen LogP) is 7.77. The second-order valence-corrected chi connectivity index (χ2v) is 11.1. The van der Waals surface area contributed by atoms with Crippen molar-refractivity contribution >= 4 is 23.5 Å². The summed E-state index contributed by atoms with van der Waals surface area (Å²) in [6, 6.07) is 3.70. The Labute approximate surface area is 261 Å². The lowest BCUT2D eigenvalue weighted by Crippen LogP contribution is -2.38. The summed E-state index contributed by atoms with van der Waals surface area (Å²) in [6.45, 7) is 8.71. The van der Waals surface area contributed by atoms with Gasteiger partial charge in [-0.2, -0.15) is 26.3 Å². The third kappa shape index (κ3) is 7.83. The van der Waals surface area contributed by atoms with Crippen molar-refractivity contribution in [3.8, 4) is 0 Å². The fourth-order valence-electron chi connectivity index (χ4n) is 5.10. The second kappa shape index (κ2) is 13.5. The summed E-state index contributed by atoms with van der Waals surface area (Å²) >= 11 is 0. The largest absolute Gasteiger partial charge is 0.496 e. The van der Waals surface area contributed by atoms with E-state index in [9.17, 15) is 35.9 Å². The fourth-order valence-corrected chi connectivity index (χ4v) is 5.10. The number of aromatic nitrogens is 1. The lowest BCUT2D eigenvalue weighted by atomic mass is 9.97. The van der Waals surface area contributed by atoms with Gasteiger partial charge in [-0.25, -0.2) is 9.78 Å². The molecule has 1 amide bonds. The highest BCUT2D eigenvalue weighted by Crippen LogP contribution is 2.41. The van der Waals surface area contributed by atoms with Crippen LogP contribution >= 0.6 is 0 Å². The number of pyridine rings is 1. The molecule has 14 heteroatoms. The number of nitrogens with zero attached hydrogens (tertiary/aromatic N) is 3. The van der Waals surface area contributed by atoms with Crippen molar-refractivity contribution in [2.24, 2.45) is 0 Å². The van der Waals surface area contributed by atoms with E-state index in [1.807, 2.05) is 4.90 Å². The number of carbonyl (C=O) groups is 2. The minimum absolute atomic E-state index is 0.0234. The van der Waals surface area contributed by atoms with Crippen molar-refractivity contribution in [3.63, 3.8) is 0 Å². The number of rotatable bonds is 11. The quantitative estimate of drug-likeness (QED) is 0.151. The first-order chi connectivity index (χ1) is 21.5. The summed E-state index contributed by atoms with van der Waals surface area (Å²) < 4.78 is 92.1. The van der Waals surface area contributed by atoms with Crippen LogP contribution in [0.15, 0.2) is 60.4 Å². The molecule has 46 heavy (non-hydrogen) atoms. The Morgan fingerprint density at radius 3 is 2.24 bits per heavy atom. The molecule has 0 unspecified atom stereocenters. The van der Waals surface area contributed by atoms with Gasteiger partial charge >= 0.3 is 24.4 Å². The molecule has 248 valence electrons. The first-order valence-electron chi connectivity index (χ1n) is 14.3. The van der Waals surface area contributed by atoms with Gasteiger partial charge in [-0.3, -0.25) is 9.69 Å². The monoisotopic (exact) mass is 653 g/mol. The molecule has 4 rings (SSSR count). The van der Waals surface area contributed by atoms with Crippen molar-refractivity contribution in [2.75, 3.05) is 25.1 Å². The SMILES string of the molecule is C=C(/C(=C\C=C(/C)CCC(=O)O)OC)c1ccc(N2CCC2)nc1CN1C(=O)O[C@H](c2cc(C(F)(F)F)cc(C(F)(F)F)c2)[C@@H]1C. The normalized spacial score (nSPS) is 19.2. The Balaban J connectivity index is 1.68. The number of amides is 1. The van der Waals surface area contributed by atoms with E-state index in [0.717, 1.165) is 25.1 Å². The summed E-state index contributed by atoms with van der Waals surface area (Å²) in [5.41, 5.74) is -1.46. The Hall–Kier alpha value is -4.49. The predicted molar refractivity (Wildman–Crippen MR) is 156 cm³/mol. The topological polar surface area (TPSA) is 92.2 Å². The first kappa shape index (κ1) is 34.4. The van der Waals surface area contributed by atoms with E-state index in [4.69, 9.17) is 19.6 Å². The van der Waals surface area contributed by atoms with Crippen LogP contribution in [0.3, 0.4) is 0 Å². The lowest BCUT2D eigenvalue weighted by molar-refractivity contribution is -0.143. The van der Waals surface area contributed by atoms with Gasteiger partial charge in [0.15, 0.2) is 0 Å². The molecule has 3 heterocycles. The van der Waals surface area contributed by atoms with Crippen LogP contribution in [0.2, 0.25) is 0 Å². The Morgan fingerprint density at radius 1 is 1.09 bits per heavy atom. The molecule has 0 aliphatic carbocycles. The van der Waals surface area contributed by atoms with Gasteiger partial charge in [-0.15, -0.1) is 0 Å². The molecule has 2 fully saturated rings. The summed E-state index contributed by atoms with van der Waals surface area (Å²) in [6.07, 6.45) is -7.92. The zero-order valence-corrected chi connectivity index (χ0v) is 25.3. The molecule has 0 bridgehead atoms. The maximum absolute atomic E-state index is 13.5. The van der Waals surface area contributed by atoms with Gasteiger partial charge in [0.2, 0.25) is 0 Å². The van der Waals surface area contributed by atoms with E-state index in [1.165, 1.54) is 18.9 Å². The number of carbonyl (C=O) groups excluding carboxylic acids is 1. The Bertz CT molecular complexity index is 1530. The lowest BCUT2D eigenvalue weighted by Gasteiger charge is -2.33. The average molecular weight is 654 g/mol. The standard InChI is InChI=1S/C32H33F6N3O5/c1-18(7-11-28(42)43)6-9-26(45-4)19(2)24-8-10-27(40-12-5-13-40)39-25(24)17-41-20(3)29(46-30(41)44)21-14-22(31(33,34)35)16-23(15-21)32(36,37)38/h6,8-10,14-16,20,29H,2,5,7,11-13,17H2,1,3-4H3,(H,42,43)/b18-6+,26-9+/t20-,29-/m0/s1. The van der Waals surface area contributed by atoms with Gasteiger partial charge in [0.05, 0.1) is 36.5 Å². The van der Waals surface area contributed by atoms with Gasteiger partial charge in [0.1, 0.15) is 17.7 Å². The number of halogens is 6. The van der Waals surface area contributed by atoms with Gasteiger partial charge in [-0.1, -0.05) is 18.2 Å². The molecule has 1 aromatic heterocycles. The maximum Gasteiger partial charge on any atom is 0.416 e. The van der Waals surface area contributed by atoms with E-state index in [0.29, 0.717) is 47.0 Å². The molecule has 0 saturated carbocycles. The number of allylic oxidation sites excluding steroid dienone is 4. The third-order valence-electron chi connectivity index (χ3n) is 7.89. The molecule has 0 spiro atoms. The number of anilines is 1. The number of hydrogen-bond acceptors (Lipinski definition) is 6. The maximum atomic E-state index is 13.5. The third-order valence-corrected chi connectivity index (χ3v) is 7.89.